The molecule has 11 heavy (non-hydrogen) atoms. The molecule has 0 fully saturated rings. The number of methoxy groups -OCH3 is 2. The van der Waals surface area contributed by atoms with Gasteiger partial charge in [0.15, 0.2) is 0 Å². The van der Waals surface area contributed by atoms with Crippen molar-refractivity contribution >= 4 is 5.97 Å². The van der Waals surface area contributed by atoms with Crippen molar-refractivity contribution in [3.05, 3.63) is 12.2 Å². The van der Waals surface area contributed by atoms with Gasteiger partial charge in [0.1, 0.15) is 0 Å². The van der Waals surface area contributed by atoms with Gasteiger partial charge in [0.05, 0.1) is 0 Å². The normalized spacial score (nSPS) is 9.82. The van der Waals surface area contributed by atoms with Gasteiger partial charge >= 0.3 is 12.4 Å². The van der Waals surface area contributed by atoms with Gasteiger partial charge in [0, 0.05) is 19.8 Å². The topological polar surface area (TPSA) is 44.8 Å². The molecule has 0 saturated carbocycles. The summed E-state index contributed by atoms with van der Waals surface area (Å²) in [4.78, 5) is 10.8. The Hall–Kier alpha value is -0.870. The lowest BCUT2D eigenvalue weighted by Crippen LogP contribution is -2.21. The van der Waals surface area contributed by atoms with Crippen LogP contribution < -0.4 is 0 Å². The summed E-state index contributed by atoms with van der Waals surface area (Å²) in [5.74, 6) is -0.529. The Bertz CT molecular complexity index is 149. The van der Waals surface area contributed by atoms with Gasteiger partial charge in [0.25, 0.3) is 0 Å². The van der Waals surface area contributed by atoms with Crippen LogP contribution >= 0.6 is 0 Å². The first kappa shape index (κ1) is 10.1. The van der Waals surface area contributed by atoms with Crippen LogP contribution in [0, 0.1) is 0 Å². The molecule has 0 rings (SSSR count). The molecule has 0 unspecified atom stereocenters. The highest BCUT2D eigenvalue weighted by Gasteiger charge is 2.11. The quantitative estimate of drug-likeness (QED) is 0.344. The van der Waals surface area contributed by atoms with E-state index in [4.69, 9.17) is 0 Å². The summed E-state index contributed by atoms with van der Waals surface area (Å²) in [5.41, 5.74) is 0.309. The molecule has 0 aliphatic rings. The number of hydrogen-bond donors (Lipinski definition) is 0. The molecule has 0 aromatic rings. The van der Waals surface area contributed by atoms with Gasteiger partial charge in [-0.15, -0.1) is 0 Å². The first-order chi connectivity index (χ1) is 5.11. The van der Waals surface area contributed by atoms with Crippen LogP contribution in [0.4, 0.5) is 0 Å². The van der Waals surface area contributed by atoms with E-state index in [1.54, 1.807) is 6.92 Å². The SMILES string of the molecule is C=C(C)C(=O)OC(OC)OC. The van der Waals surface area contributed by atoms with E-state index < -0.39 is 12.4 Å². The number of esters is 1. The van der Waals surface area contributed by atoms with Gasteiger partial charge in [-0.25, -0.2) is 4.79 Å². The largest absolute Gasteiger partial charge is 0.407 e. The average Bonchev–Trinajstić information content (AvgIpc) is 1.99. The highest BCUT2D eigenvalue weighted by molar-refractivity contribution is 5.86. The third kappa shape index (κ3) is 3.75. The van der Waals surface area contributed by atoms with Crippen LogP contribution in [0.15, 0.2) is 12.2 Å². The van der Waals surface area contributed by atoms with Crippen molar-refractivity contribution in [1.29, 1.82) is 0 Å². The number of carbonyl (C=O) groups excluding carboxylic acids is 1. The van der Waals surface area contributed by atoms with Crippen LogP contribution in [0.25, 0.3) is 0 Å². The second-order valence-corrected chi connectivity index (χ2v) is 1.95. The maximum Gasteiger partial charge on any atom is 0.337 e. The smallest absolute Gasteiger partial charge is 0.337 e. The van der Waals surface area contributed by atoms with E-state index in [-0.39, 0.29) is 0 Å². The Kier molecular flexibility index (Phi) is 4.49. The van der Waals surface area contributed by atoms with Gasteiger partial charge in [-0.1, -0.05) is 6.58 Å². The third-order valence-corrected chi connectivity index (χ3v) is 0.937. The summed E-state index contributed by atoms with van der Waals surface area (Å²) in [7, 11) is 2.75. The molecule has 0 bridgehead atoms. The molecule has 4 heteroatoms. The van der Waals surface area contributed by atoms with Crippen LogP contribution in [-0.2, 0) is 19.0 Å². The second kappa shape index (κ2) is 4.87. The van der Waals surface area contributed by atoms with E-state index in [9.17, 15) is 4.79 Å². The van der Waals surface area contributed by atoms with Crippen LogP contribution in [0.1, 0.15) is 6.92 Å². The fourth-order valence-corrected chi connectivity index (χ4v) is 0.380. The van der Waals surface area contributed by atoms with Gasteiger partial charge < -0.3 is 14.2 Å². The maximum absolute atomic E-state index is 10.8. The number of rotatable bonds is 4. The number of ether oxygens (including phenoxy) is 3. The van der Waals surface area contributed by atoms with Crippen LogP contribution in [-0.4, -0.2) is 26.7 Å². The Balaban J connectivity index is 3.81. The highest BCUT2D eigenvalue weighted by atomic mass is 16.8. The lowest BCUT2D eigenvalue weighted by Gasteiger charge is -2.12. The molecule has 0 spiro atoms. The summed E-state index contributed by atoms with van der Waals surface area (Å²) in [6.07, 6.45) is 0. The van der Waals surface area contributed by atoms with E-state index in [2.05, 4.69) is 20.8 Å². The molecule has 64 valence electrons. The van der Waals surface area contributed by atoms with E-state index in [0.29, 0.717) is 5.57 Å². The van der Waals surface area contributed by atoms with Crippen molar-refractivity contribution < 1.29 is 19.0 Å². The minimum absolute atomic E-state index is 0.309. The van der Waals surface area contributed by atoms with E-state index in [0.717, 1.165) is 0 Å². The molecule has 0 N–H and O–H groups in total. The zero-order valence-electron chi connectivity index (χ0n) is 6.92. The molecule has 0 aliphatic carbocycles. The summed E-state index contributed by atoms with van der Waals surface area (Å²) in [6.45, 7) is 3.99. The standard InChI is InChI=1S/C7H12O4/c1-5(2)6(8)11-7(9-3)10-4/h7H,1H2,2-4H3. The maximum atomic E-state index is 10.8. The molecular formula is C7H12O4. The Morgan fingerprint density at radius 1 is 1.36 bits per heavy atom. The monoisotopic (exact) mass is 160 g/mol. The molecule has 0 saturated heterocycles. The van der Waals surface area contributed by atoms with Gasteiger partial charge in [-0.3, -0.25) is 0 Å². The predicted octanol–water partition coefficient (Wildman–Crippen LogP) is 0.682. The molecule has 4 nitrogen and oxygen atoms in total. The van der Waals surface area contributed by atoms with Crippen molar-refractivity contribution in [1.82, 2.24) is 0 Å². The number of carbonyl (C=O) groups is 1. The van der Waals surface area contributed by atoms with Gasteiger partial charge in [-0.2, -0.15) is 0 Å². The highest BCUT2D eigenvalue weighted by Crippen LogP contribution is 1.99. The lowest BCUT2D eigenvalue weighted by atomic mass is 10.4. The second-order valence-electron chi connectivity index (χ2n) is 1.95. The molecule has 0 amide bonds. The number of hydrogen-bond acceptors (Lipinski definition) is 4. The first-order valence-corrected chi connectivity index (χ1v) is 3.04. The Labute approximate surface area is 65.7 Å². The summed E-state index contributed by atoms with van der Waals surface area (Å²) in [6, 6.07) is 0. The molecular weight excluding hydrogens is 148 g/mol. The van der Waals surface area contributed by atoms with E-state index >= 15 is 0 Å². The zero-order chi connectivity index (χ0) is 8.85. The molecule has 0 aliphatic heterocycles. The Morgan fingerprint density at radius 2 is 1.82 bits per heavy atom. The molecule has 0 atom stereocenters. The van der Waals surface area contributed by atoms with Crippen molar-refractivity contribution in [2.24, 2.45) is 0 Å². The molecule has 0 aromatic carbocycles. The fourth-order valence-electron chi connectivity index (χ4n) is 0.380. The lowest BCUT2D eigenvalue weighted by molar-refractivity contribution is -0.252. The van der Waals surface area contributed by atoms with Crippen molar-refractivity contribution in [2.45, 2.75) is 13.4 Å². The summed E-state index contributed by atoms with van der Waals surface area (Å²) >= 11 is 0. The zero-order valence-corrected chi connectivity index (χ0v) is 6.92. The van der Waals surface area contributed by atoms with Crippen LogP contribution in [0.3, 0.4) is 0 Å². The van der Waals surface area contributed by atoms with Crippen LogP contribution in [0.2, 0.25) is 0 Å². The molecule has 0 aromatic heterocycles. The first-order valence-electron chi connectivity index (χ1n) is 3.04. The van der Waals surface area contributed by atoms with Gasteiger partial charge in [-0.05, 0) is 6.92 Å². The average molecular weight is 160 g/mol. The minimum atomic E-state index is -0.945. The summed E-state index contributed by atoms with van der Waals surface area (Å²) in [5, 5.41) is 0. The summed E-state index contributed by atoms with van der Waals surface area (Å²) < 4.78 is 13.9. The fraction of sp³-hybridized carbons (Fsp3) is 0.571. The van der Waals surface area contributed by atoms with Crippen molar-refractivity contribution in [3.63, 3.8) is 0 Å². The predicted molar refractivity (Wildman–Crippen MR) is 38.7 cm³/mol. The van der Waals surface area contributed by atoms with E-state index in [1.165, 1.54) is 14.2 Å². The van der Waals surface area contributed by atoms with Crippen LogP contribution in [0.5, 0.6) is 0 Å². The van der Waals surface area contributed by atoms with Crippen molar-refractivity contribution in [2.75, 3.05) is 14.2 Å². The molecule has 0 radical (unpaired) electrons. The third-order valence-electron chi connectivity index (χ3n) is 0.937. The van der Waals surface area contributed by atoms with E-state index in [1.807, 2.05) is 0 Å². The minimum Gasteiger partial charge on any atom is -0.407 e. The Morgan fingerprint density at radius 3 is 2.09 bits per heavy atom. The molecule has 0 heterocycles. The van der Waals surface area contributed by atoms with Gasteiger partial charge in [0.2, 0.25) is 0 Å². The van der Waals surface area contributed by atoms with Crippen molar-refractivity contribution in [3.8, 4) is 0 Å².